The number of aromatic amines is 1. The summed E-state index contributed by atoms with van der Waals surface area (Å²) in [6.45, 7) is 1.74. The molecule has 0 atom stereocenters. The smallest absolute Gasteiger partial charge is 0.258 e. The maximum atomic E-state index is 12.1. The highest BCUT2D eigenvalue weighted by Gasteiger charge is 2.17. The molecule has 2 amide bonds. The molecular weight excluding hydrogens is 278 g/mol. The number of amides is 2. The van der Waals surface area contributed by atoms with Gasteiger partial charge in [0.2, 0.25) is 11.9 Å². The van der Waals surface area contributed by atoms with Crippen LogP contribution in [-0.4, -0.2) is 32.7 Å². The maximum absolute atomic E-state index is 12.1. The number of anilines is 2. The molecule has 102 valence electrons. The fourth-order valence-corrected chi connectivity index (χ4v) is 2.59. The lowest BCUT2D eigenvalue weighted by atomic mass is 10.2. The zero-order chi connectivity index (χ0) is 14.1. The summed E-state index contributed by atoms with van der Waals surface area (Å²) >= 11 is 1.45. The van der Waals surface area contributed by atoms with Gasteiger partial charge in [-0.1, -0.05) is 0 Å². The van der Waals surface area contributed by atoms with E-state index in [0.29, 0.717) is 22.8 Å². The highest BCUT2D eigenvalue weighted by atomic mass is 32.2. The zero-order valence-electron chi connectivity index (χ0n) is 10.6. The van der Waals surface area contributed by atoms with Crippen LogP contribution in [0.15, 0.2) is 23.1 Å². The van der Waals surface area contributed by atoms with E-state index in [9.17, 15) is 9.59 Å². The Kier molecular flexibility index (Phi) is 3.15. The van der Waals surface area contributed by atoms with Crippen LogP contribution in [0, 0.1) is 6.92 Å². The summed E-state index contributed by atoms with van der Waals surface area (Å²) in [7, 11) is 0. The minimum Gasteiger partial charge on any atom is -0.324 e. The van der Waals surface area contributed by atoms with E-state index in [1.807, 2.05) is 6.07 Å². The van der Waals surface area contributed by atoms with Crippen molar-refractivity contribution in [3.05, 3.63) is 29.6 Å². The number of aryl methyl sites for hydroxylation is 1. The number of carbonyl (C=O) groups excluding carboxylic acids is 2. The molecule has 0 aliphatic carbocycles. The monoisotopic (exact) mass is 289 g/mol. The van der Waals surface area contributed by atoms with E-state index < -0.39 is 0 Å². The van der Waals surface area contributed by atoms with Crippen LogP contribution in [0.1, 0.15) is 16.2 Å². The van der Waals surface area contributed by atoms with Crippen LogP contribution in [0.3, 0.4) is 0 Å². The Bertz CT molecular complexity index is 697. The molecule has 20 heavy (non-hydrogen) atoms. The van der Waals surface area contributed by atoms with E-state index in [2.05, 4.69) is 25.8 Å². The van der Waals surface area contributed by atoms with E-state index in [4.69, 9.17) is 0 Å². The van der Waals surface area contributed by atoms with Gasteiger partial charge in [0.25, 0.3) is 5.91 Å². The van der Waals surface area contributed by atoms with E-state index in [-0.39, 0.29) is 17.8 Å². The number of hydrogen-bond donors (Lipinski definition) is 3. The fourth-order valence-electron chi connectivity index (χ4n) is 1.80. The Morgan fingerprint density at radius 2 is 2.30 bits per heavy atom. The van der Waals surface area contributed by atoms with Crippen molar-refractivity contribution in [2.24, 2.45) is 0 Å². The molecule has 1 aliphatic heterocycles. The van der Waals surface area contributed by atoms with E-state index in [1.54, 1.807) is 19.1 Å². The van der Waals surface area contributed by atoms with Gasteiger partial charge in [-0.3, -0.25) is 20.0 Å². The van der Waals surface area contributed by atoms with Gasteiger partial charge in [0.05, 0.1) is 11.4 Å². The number of aromatic nitrogens is 3. The predicted molar refractivity (Wildman–Crippen MR) is 74.9 cm³/mol. The molecule has 0 bridgehead atoms. The van der Waals surface area contributed by atoms with Crippen LogP contribution in [0.5, 0.6) is 0 Å². The average Bonchev–Trinajstić information content (AvgIpc) is 2.83. The van der Waals surface area contributed by atoms with Gasteiger partial charge < -0.3 is 5.32 Å². The van der Waals surface area contributed by atoms with Crippen LogP contribution in [0.25, 0.3) is 0 Å². The predicted octanol–water partition coefficient (Wildman–Crippen LogP) is 1.41. The second kappa shape index (κ2) is 4.97. The first-order valence-electron chi connectivity index (χ1n) is 5.89. The average molecular weight is 289 g/mol. The van der Waals surface area contributed by atoms with Gasteiger partial charge >= 0.3 is 0 Å². The molecule has 8 heteroatoms. The number of benzene rings is 1. The number of fused-ring (bicyclic) bond motifs is 1. The van der Waals surface area contributed by atoms with Gasteiger partial charge in [0.1, 0.15) is 5.82 Å². The minimum absolute atomic E-state index is 0.0651. The lowest BCUT2D eigenvalue weighted by molar-refractivity contribution is -0.113. The van der Waals surface area contributed by atoms with Crippen LogP contribution in [0.2, 0.25) is 0 Å². The summed E-state index contributed by atoms with van der Waals surface area (Å²) in [5.74, 6) is 0.856. The van der Waals surface area contributed by atoms with Crippen molar-refractivity contribution < 1.29 is 9.59 Å². The quantitative estimate of drug-likeness (QED) is 0.776. The van der Waals surface area contributed by atoms with Crippen molar-refractivity contribution in [2.45, 2.75) is 11.8 Å². The van der Waals surface area contributed by atoms with Crippen molar-refractivity contribution in [1.29, 1.82) is 0 Å². The summed E-state index contributed by atoms with van der Waals surface area (Å²) in [4.78, 5) is 28.4. The van der Waals surface area contributed by atoms with Crippen molar-refractivity contribution in [3.8, 4) is 0 Å². The third-order valence-corrected chi connectivity index (χ3v) is 3.77. The summed E-state index contributed by atoms with van der Waals surface area (Å²) in [6.07, 6.45) is 0. The summed E-state index contributed by atoms with van der Waals surface area (Å²) in [5.41, 5.74) is 1.10. The topological polar surface area (TPSA) is 99.8 Å². The molecule has 2 aromatic rings. The lowest BCUT2D eigenvalue weighted by Crippen LogP contribution is -2.20. The number of H-pyrrole nitrogens is 1. The molecule has 3 rings (SSSR count). The summed E-state index contributed by atoms with van der Waals surface area (Å²) in [5, 5.41) is 11.8. The van der Waals surface area contributed by atoms with E-state index in [0.717, 1.165) is 4.90 Å². The lowest BCUT2D eigenvalue weighted by Gasteiger charge is -2.16. The molecule has 1 aliphatic rings. The van der Waals surface area contributed by atoms with Crippen LogP contribution in [-0.2, 0) is 4.79 Å². The standard InChI is InChI=1S/C12H11N5O2S/c1-6-13-12(17-16-6)15-11(19)7-2-3-9-8(4-7)14-10(18)5-20-9/h2-4H,5H2,1H3,(H,14,18)(H2,13,15,16,17,19). The number of hydrogen-bond acceptors (Lipinski definition) is 5. The van der Waals surface area contributed by atoms with Crippen molar-refractivity contribution in [2.75, 3.05) is 16.4 Å². The third kappa shape index (κ3) is 2.50. The maximum Gasteiger partial charge on any atom is 0.258 e. The van der Waals surface area contributed by atoms with Crippen LogP contribution >= 0.6 is 11.8 Å². The first kappa shape index (κ1) is 12.7. The molecule has 0 unspecified atom stereocenters. The Hall–Kier alpha value is -2.35. The fraction of sp³-hybridized carbons (Fsp3) is 0.167. The molecule has 0 saturated heterocycles. The van der Waals surface area contributed by atoms with Gasteiger partial charge in [-0.05, 0) is 25.1 Å². The van der Waals surface area contributed by atoms with Crippen LogP contribution in [0.4, 0.5) is 11.6 Å². The highest BCUT2D eigenvalue weighted by Crippen LogP contribution is 2.32. The molecule has 0 spiro atoms. The minimum atomic E-state index is -0.323. The van der Waals surface area contributed by atoms with Gasteiger partial charge in [-0.15, -0.1) is 16.9 Å². The second-order valence-electron chi connectivity index (χ2n) is 4.25. The normalized spacial score (nSPS) is 13.6. The van der Waals surface area contributed by atoms with E-state index >= 15 is 0 Å². The SMILES string of the molecule is Cc1nc(NC(=O)c2ccc3c(c2)NC(=O)CS3)n[nH]1. The van der Waals surface area contributed by atoms with Gasteiger partial charge in [-0.25, -0.2) is 0 Å². The molecule has 7 nitrogen and oxygen atoms in total. The number of rotatable bonds is 2. The first-order chi connectivity index (χ1) is 9.61. The Morgan fingerprint density at radius 1 is 1.45 bits per heavy atom. The Morgan fingerprint density at radius 3 is 3.05 bits per heavy atom. The first-order valence-corrected chi connectivity index (χ1v) is 6.87. The Labute approximate surface area is 118 Å². The number of carbonyl (C=O) groups is 2. The van der Waals surface area contributed by atoms with Crippen molar-refractivity contribution in [3.63, 3.8) is 0 Å². The van der Waals surface area contributed by atoms with Gasteiger partial charge in [0.15, 0.2) is 0 Å². The molecular formula is C12H11N5O2S. The van der Waals surface area contributed by atoms with Gasteiger partial charge in [0, 0.05) is 10.5 Å². The van der Waals surface area contributed by atoms with Crippen molar-refractivity contribution >= 4 is 35.2 Å². The van der Waals surface area contributed by atoms with Crippen LogP contribution < -0.4 is 10.6 Å². The third-order valence-electron chi connectivity index (χ3n) is 2.70. The van der Waals surface area contributed by atoms with Gasteiger partial charge in [-0.2, -0.15) is 4.98 Å². The summed E-state index contributed by atoms with van der Waals surface area (Å²) < 4.78 is 0. The molecule has 0 saturated carbocycles. The van der Waals surface area contributed by atoms with E-state index in [1.165, 1.54) is 11.8 Å². The Balaban J connectivity index is 1.81. The second-order valence-corrected chi connectivity index (χ2v) is 5.26. The highest BCUT2D eigenvalue weighted by molar-refractivity contribution is 8.00. The van der Waals surface area contributed by atoms with Crippen molar-refractivity contribution in [1.82, 2.24) is 15.2 Å². The molecule has 2 heterocycles. The molecule has 1 aromatic heterocycles. The number of nitrogens with one attached hydrogen (secondary N) is 3. The molecule has 0 radical (unpaired) electrons. The largest absolute Gasteiger partial charge is 0.324 e. The molecule has 1 aromatic carbocycles. The molecule has 0 fully saturated rings. The zero-order valence-corrected chi connectivity index (χ0v) is 11.4. The molecule has 3 N–H and O–H groups in total. The number of nitrogens with zero attached hydrogens (tertiary/aromatic N) is 2. The number of thioether (sulfide) groups is 1. The summed E-state index contributed by atoms with van der Waals surface area (Å²) in [6, 6.07) is 5.17.